The molecule has 1 aromatic rings. The molecule has 5 nitrogen and oxygen atoms in total. The van der Waals surface area contributed by atoms with Gasteiger partial charge < -0.3 is 14.4 Å². The first-order valence-corrected chi connectivity index (χ1v) is 7.65. The molecule has 1 N–H and O–H groups in total. The first-order chi connectivity index (χ1) is 10.0. The van der Waals surface area contributed by atoms with Crippen LogP contribution in [0, 0.1) is 0 Å². The Hall–Kier alpha value is -1.78. The standard InChI is InChI=1S/C16H25NO4/c1-4-6-7-11-17(12(3)8-5-2)15(18)13-9-10-14(21-13)16(19)20/h9-10,12H,4-8,11H2,1-3H3,(H,19,20). The number of furan rings is 1. The molecule has 1 unspecified atom stereocenters. The summed E-state index contributed by atoms with van der Waals surface area (Å²) in [7, 11) is 0. The Morgan fingerprint density at radius 3 is 2.38 bits per heavy atom. The van der Waals surface area contributed by atoms with E-state index in [-0.39, 0.29) is 23.5 Å². The number of aromatic carboxylic acids is 1. The lowest BCUT2D eigenvalue weighted by atomic mass is 10.1. The van der Waals surface area contributed by atoms with Crippen LogP contribution in [0.15, 0.2) is 16.5 Å². The largest absolute Gasteiger partial charge is 0.475 e. The van der Waals surface area contributed by atoms with E-state index in [1.54, 1.807) is 4.90 Å². The summed E-state index contributed by atoms with van der Waals surface area (Å²) >= 11 is 0. The third-order valence-electron chi connectivity index (χ3n) is 3.53. The maximum Gasteiger partial charge on any atom is 0.371 e. The van der Waals surface area contributed by atoms with Gasteiger partial charge in [-0.1, -0.05) is 33.1 Å². The summed E-state index contributed by atoms with van der Waals surface area (Å²) in [5.74, 6) is -1.48. The molecule has 5 heteroatoms. The van der Waals surface area contributed by atoms with Crippen molar-refractivity contribution in [2.45, 2.75) is 58.9 Å². The van der Waals surface area contributed by atoms with Crippen molar-refractivity contribution >= 4 is 11.9 Å². The molecule has 1 heterocycles. The molecule has 0 aliphatic heterocycles. The zero-order chi connectivity index (χ0) is 15.8. The minimum Gasteiger partial charge on any atom is -0.475 e. The van der Waals surface area contributed by atoms with Gasteiger partial charge in [-0.15, -0.1) is 0 Å². The van der Waals surface area contributed by atoms with E-state index in [2.05, 4.69) is 13.8 Å². The van der Waals surface area contributed by atoms with Crippen LogP contribution in [0.25, 0.3) is 0 Å². The smallest absolute Gasteiger partial charge is 0.371 e. The number of carbonyl (C=O) groups is 2. The Kier molecular flexibility index (Phi) is 6.99. The van der Waals surface area contributed by atoms with Crippen LogP contribution in [0.3, 0.4) is 0 Å². The molecule has 118 valence electrons. The Balaban J connectivity index is 2.83. The predicted octanol–water partition coefficient (Wildman–Crippen LogP) is 3.80. The SMILES string of the molecule is CCCCCN(C(=O)c1ccc(C(=O)O)o1)C(C)CCC. The summed E-state index contributed by atoms with van der Waals surface area (Å²) in [6, 6.07) is 2.89. The van der Waals surface area contributed by atoms with E-state index in [1.807, 2.05) is 6.92 Å². The topological polar surface area (TPSA) is 70.8 Å². The highest BCUT2D eigenvalue weighted by Crippen LogP contribution is 2.16. The van der Waals surface area contributed by atoms with Gasteiger partial charge in [0.05, 0.1) is 0 Å². The molecule has 0 radical (unpaired) electrons. The van der Waals surface area contributed by atoms with E-state index in [9.17, 15) is 9.59 Å². The van der Waals surface area contributed by atoms with E-state index < -0.39 is 5.97 Å². The van der Waals surface area contributed by atoms with Gasteiger partial charge in [-0.2, -0.15) is 0 Å². The summed E-state index contributed by atoms with van der Waals surface area (Å²) < 4.78 is 5.13. The maximum atomic E-state index is 12.5. The van der Waals surface area contributed by atoms with Gasteiger partial charge in [0.1, 0.15) is 0 Å². The van der Waals surface area contributed by atoms with Crippen LogP contribution in [0.4, 0.5) is 0 Å². The summed E-state index contributed by atoms with van der Waals surface area (Å²) in [6.45, 7) is 6.90. The third kappa shape index (κ3) is 4.92. The van der Waals surface area contributed by atoms with Crippen LogP contribution in [0.2, 0.25) is 0 Å². The van der Waals surface area contributed by atoms with Gasteiger partial charge in [0.25, 0.3) is 5.91 Å². The minimum absolute atomic E-state index is 0.104. The molecule has 21 heavy (non-hydrogen) atoms. The van der Waals surface area contributed by atoms with E-state index >= 15 is 0 Å². The summed E-state index contributed by atoms with van der Waals surface area (Å²) in [5, 5.41) is 8.87. The molecule has 0 saturated carbocycles. The number of unbranched alkanes of at least 4 members (excludes halogenated alkanes) is 2. The first-order valence-electron chi connectivity index (χ1n) is 7.65. The monoisotopic (exact) mass is 295 g/mol. The Morgan fingerprint density at radius 1 is 1.19 bits per heavy atom. The van der Waals surface area contributed by atoms with E-state index in [1.165, 1.54) is 12.1 Å². The van der Waals surface area contributed by atoms with Crippen LogP contribution in [-0.4, -0.2) is 34.5 Å². The van der Waals surface area contributed by atoms with Crippen molar-refractivity contribution in [2.24, 2.45) is 0 Å². The molecule has 1 aromatic heterocycles. The van der Waals surface area contributed by atoms with Crippen molar-refractivity contribution in [1.29, 1.82) is 0 Å². The average Bonchev–Trinajstić information content (AvgIpc) is 2.93. The van der Waals surface area contributed by atoms with Crippen LogP contribution in [0.1, 0.15) is 74.0 Å². The van der Waals surface area contributed by atoms with Crippen molar-refractivity contribution < 1.29 is 19.1 Å². The second kappa shape index (κ2) is 8.49. The lowest BCUT2D eigenvalue weighted by Crippen LogP contribution is -2.39. The number of rotatable bonds is 9. The molecule has 0 aromatic carbocycles. The molecule has 1 atom stereocenters. The average molecular weight is 295 g/mol. The molecular weight excluding hydrogens is 270 g/mol. The van der Waals surface area contributed by atoms with Gasteiger partial charge in [-0.05, 0) is 31.9 Å². The fourth-order valence-electron chi connectivity index (χ4n) is 2.34. The molecule has 0 bridgehead atoms. The number of nitrogens with zero attached hydrogens (tertiary/aromatic N) is 1. The number of carboxylic acid groups (broad SMARTS) is 1. The molecule has 0 fully saturated rings. The van der Waals surface area contributed by atoms with Crippen LogP contribution >= 0.6 is 0 Å². The normalized spacial score (nSPS) is 12.1. The second-order valence-electron chi connectivity index (χ2n) is 5.31. The summed E-state index contributed by atoms with van der Waals surface area (Å²) in [4.78, 5) is 25.2. The third-order valence-corrected chi connectivity index (χ3v) is 3.53. The van der Waals surface area contributed by atoms with Crippen molar-refractivity contribution in [1.82, 2.24) is 4.90 Å². The van der Waals surface area contributed by atoms with Crippen molar-refractivity contribution in [3.63, 3.8) is 0 Å². The Morgan fingerprint density at radius 2 is 1.86 bits per heavy atom. The van der Waals surface area contributed by atoms with Crippen molar-refractivity contribution in [2.75, 3.05) is 6.54 Å². The van der Waals surface area contributed by atoms with E-state index in [0.29, 0.717) is 6.54 Å². The molecule has 0 saturated heterocycles. The minimum atomic E-state index is -1.16. The number of carboxylic acids is 1. The maximum absolute atomic E-state index is 12.5. The molecule has 0 aliphatic carbocycles. The van der Waals surface area contributed by atoms with Gasteiger partial charge in [0.2, 0.25) is 5.76 Å². The highest BCUT2D eigenvalue weighted by Gasteiger charge is 2.24. The van der Waals surface area contributed by atoms with Crippen LogP contribution in [-0.2, 0) is 0 Å². The Bertz CT molecular complexity index is 467. The van der Waals surface area contributed by atoms with Gasteiger partial charge in [0, 0.05) is 12.6 Å². The first kappa shape index (κ1) is 17.3. The van der Waals surface area contributed by atoms with Crippen LogP contribution < -0.4 is 0 Å². The molecule has 1 amide bonds. The fourth-order valence-corrected chi connectivity index (χ4v) is 2.34. The number of amides is 1. The number of carbonyl (C=O) groups excluding carboxylic acids is 1. The fraction of sp³-hybridized carbons (Fsp3) is 0.625. The number of hydrogen-bond donors (Lipinski definition) is 1. The van der Waals surface area contributed by atoms with Crippen molar-refractivity contribution in [3.05, 3.63) is 23.7 Å². The van der Waals surface area contributed by atoms with Gasteiger partial charge >= 0.3 is 5.97 Å². The zero-order valence-corrected chi connectivity index (χ0v) is 13.1. The molecule has 0 aliphatic rings. The highest BCUT2D eigenvalue weighted by atomic mass is 16.4. The Labute approximate surface area is 125 Å². The van der Waals surface area contributed by atoms with Gasteiger partial charge in [0.15, 0.2) is 5.76 Å². The molecule has 0 spiro atoms. The predicted molar refractivity (Wildman–Crippen MR) is 80.6 cm³/mol. The zero-order valence-electron chi connectivity index (χ0n) is 13.1. The van der Waals surface area contributed by atoms with Crippen molar-refractivity contribution in [3.8, 4) is 0 Å². The lowest BCUT2D eigenvalue weighted by molar-refractivity contribution is 0.0622. The second-order valence-corrected chi connectivity index (χ2v) is 5.31. The van der Waals surface area contributed by atoms with E-state index in [4.69, 9.17) is 9.52 Å². The highest BCUT2D eigenvalue weighted by molar-refractivity contribution is 5.93. The van der Waals surface area contributed by atoms with Crippen LogP contribution in [0.5, 0.6) is 0 Å². The van der Waals surface area contributed by atoms with Gasteiger partial charge in [-0.3, -0.25) is 4.79 Å². The quantitative estimate of drug-likeness (QED) is 0.703. The molecule has 1 rings (SSSR count). The lowest BCUT2D eigenvalue weighted by Gasteiger charge is -2.28. The number of hydrogen-bond acceptors (Lipinski definition) is 3. The van der Waals surface area contributed by atoms with E-state index in [0.717, 1.165) is 32.1 Å². The summed E-state index contributed by atoms with van der Waals surface area (Å²) in [5.41, 5.74) is 0. The summed E-state index contributed by atoms with van der Waals surface area (Å²) in [6.07, 6.45) is 5.03. The molecular formula is C16H25NO4. The van der Waals surface area contributed by atoms with Gasteiger partial charge in [-0.25, -0.2) is 4.79 Å².